The number of benzene rings is 1. The second-order valence-electron chi connectivity index (χ2n) is 3.27. The molecule has 1 N–H and O–H groups in total. The van der Waals surface area contributed by atoms with Crippen LogP contribution in [-0.4, -0.2) is 10.1 Å². The Kier molecular flexibility index (Phi) is 2.79. The molecule has 2 nitrogen and oxygen atoms in total. The lowest BCUT2D eigenvalue weighted by molar-refractivity contribution is 0.285. The van der Waals surface area contributed by atoms with Gasteiger partial charge in [0.05, 0.1) is 11.5 Å². The van der Waals surface area contributed by atoms with E-state index in [1.165, 1.54) is 17.4 Å². The molecule has 0 aliphatic rings. The molecule has 0 atom stereocenters. The molecule has 15 heavy (non-hydrogen) atoms. The van der Waals surface area contributed by atoms with E-state index in [0.717, 1.165) is 10.4 Å². The summed E-state index contributed by atoms with van der Waals surface area (Å²) in [5, 5.41) is 9.51. The molecule has 4 heteroatoms. The molecule has 2 aromatic rings. The molecule has 0 spiro atoms. The maximum atomic E-state index is 13.5. The number of hydrogen-bond acceptors (Lipinski definition) is 3. The van der Waals surface area contributed by atoms with E-state index in [1.54, 1.807) is 18.3 Å². The first-order chi connectivity index (χ1) is 7.20. The van der Waals surface area contributed by atoms with Gasteiger partial charge >= 0.3 is 0 Å². The highest BCUT2D eigenvalue weighted by Crippen LogP contribution is 2.28. The zero-order valence-electron chi connectivity index (χ0n) is 8.20. The van der Waals surface area contributed by atoms with E-state index in [9.17, 15) is 4.39 Å². The first-order valence-corrected chi connectivity index (χ1v) is 5.34. The van der Waals surface area contributed by atoms with Gasteiger partial charge in [0.2, 0.25) is 0 Å². The number of aliphatic hydroxyl groups is 1. The monoisotopic (exact) mass is 223 g/mol. The molecular weight excluding hydrogens is 213 g/mol. The van der Waals surface area contributed by atoms with E-state index < -0.39 is 0 Å². The van der Waals surface area contributed by atoms with Crippen LogP contribution in [0.15, 0.2) is 24.4 Å². The highest BCUT2D eigenvalue weighted by atomic mass is 32.1. The predicted octanol–water partition coefficient (Wildman–Crippen LogP) is 2.75. The molecule has 0 unspecified atom stereocenters. The Morgan fingerprint density at radius 2 is 2.27 bits per heavy atom. The molecule has 0 bridgehead atoms. The van der Waals surface area contributed by atoms with Crippen LogP contribution in [0.3, 0.4) is 0 Å². The van der Waals surface area contributed by atoms with Crippen molar-refractivity contribution >= 4 is 11.3 Å². The third-order valence-corrected chi connectivity index (χ3v) is 3.08. The number of hydrogen-bond donors (Lipinski definition) is 1. The summed E-state index contributed by atoms with van der Waals surface area (Å²) in [5.74, 6) is -0.278. The number of aromatic nitrogens is 1. The second kappa shape index (κ2) is 4.08. The Hall–Kier alpha value is -1.26. The van der Waals surface area contributed by atoms with Gasteiger partial charge in [-0.25, -0.2) is 9.37 Å². The lowest BCUT2D eigenvalue weighted by Gasteiger charge is -2.00. The fraction of sp³-hybridized carbons (Fsp3) is 0.182. The van der Waals surface area contributed by atoms with Crippen molar-refractivity contribution in [2.75, 3.05) is 0 Å². The van der Waals surface area contributed by atoms with Gasteiger partial charge in [0, 0.05) is 11.8 Å². The normalized spacial score (nSPS) is 10.6. The van der Waals surface area contributed by atoms with Gasteiger partial charge in [-0.3, -0.25) is 0 Å². The van der Waals surface area contributed by atoms with Crippen molar-refractivity contribution in [1.29, 1.82) is 0 Å². The van der Waals surface area contributed by atoms with Crippen molar-refractivity contribution in [3.63, 3.8) is 0 Å². The van der Waals surface area contributed by atoms with E-state index in [-0.39, 0.29) is 12.4 Å². The molecule has 78 valence electrons. The van der Waals surface area contributed by atoms with Crippen LogP contribution in [0.25, 0.3) is 10.6 Å². The Labute approximate surface area is 91.0 Å². The van der Waals surface area contributed by atoms with Gasteiger partial charge in [0.25, 0.3) is 0 Å². The van der Waals surface area contributed by atoms with Crippen LogP contribution in [0.1, 0.15) is 10.4 Å². The molecule has 1 aromatic carbocycles. The summed E-state index contributed by atoms with van der Waals surface area (Å²) >= 11 is 1.31. The molecule has 0 saturated carbocycles. The second-order valence-corrected chi connectivity index (χ2v) is 4.39. The standard InChI is InChI=1S/C11H10FNOS/c1-7-2-3-10(12)9(4-7)11-13-5-8(6-14)15-11/h2-5,14H,6H2,1H3. The van der Waals surface area contributed by atoms with Crippen LogP contribution in [0.4, 0.5) is 4.39 Å². The number of aryl methyl sites for hydroxylation is 1. The van der Waals surface area contributed by atoms with Crippen molar-refractivity contribution in [3.8, 4) is 10.6 Å². The molecular formula is C11H10FNOS. The minimum atomic E-state index is -0.278. The van der Waals surface area contributed by atoms with E-state index in [1.807, 2.05) is 6.92 Å². The van der Waals surface area contributed by atoms with Gasteiger partial charge in [0.1, 0.15) is 10.8 Å². The number of halogens is 1. The lowest BCUT2D eigenvalue weighted by atomic mass is 10.1. The molecule has 0 radical (unpaired) electrons. The quantitative estimate of drug-likeness (QED) is 0.849. The zero-order valence-corrected chi connectivity index (χ0v) is 9.01. The molecule has 0 fully saturated rings. The van der Waals surface area contributed by atoms with Crippen LogP contribution < -0.4 is 0 Å². The SMILES string of the molecule is Cc1ccc(F)c(-c2ncc(CO)s2)c1. The van der Waals surface area contributed by atoms with E-state index in [0.29, 0.717) is 10.6 Å². The zero-order chi connectivity index (χ0) is 10.8. The average molecular weight is 223 g/mol. The number of thiazole rings is 1. The minimum absolute atomic E-state index is 0.0505. The van der Waals surface area contributed by atoms with Gasteiger partial charge in [-0.05, 0) is 19.1 Å². The predicted molar refractivity (Wildman–Crippen MR) is 58.2 cm³/mol. The first kappa shape index (κ1) is 10.3. The summed E-state index contributed by atoms with van der Waals surface area (Å²) < 4.78 is 13.5. The van der Waals surface area contributed by atoms with E-state index in [4.69, 9.17) is 5.11 Å². The third kappa shape index (κ3) is 2.06. The minimum Gasteiger partial charge on any atom is -0.391 e. The summed E-state index contributed by atoms with van der Waals surface area (Å²) in [4.78, 5) is 4.82. The van der Waals surface area contributed by atoms with Crippen molar-refractivity contribution in [1.82, 2.24) is 4.98 Å². The number of rotatable bonds is 2. The average Bonchev–Trinajstić information content (AvgIpc) is 2.70. The maximum Gasteiger partial charge on any atom is 0.133 e. The lowest BCUT2D eigenvalue weighted by Crippen LogP contribution is -1.84. The van der Waals surface area contributed by atoms with Crippen LogP contribution in [-0.2, 0) is 6.61 Å². The highest BCUT2D eigenvalue weighted by molar-refractivity contribution is 7.15. The Balaban J connectivity index is 2.48. The van der Waals surface area contributed by atoms with Crippen LogP contribution in [0.2, 0.25) is 0 Å². The fourth-order valence-electron chi connectivity index (χ4n) is 1.31. The summed E-state index contributed by atoms with van der Waals surface area (Å²) in [5.41, 5.74) is 1.49. The molecule has 0 aliphatic heterocycles. The van der Waals surface area contributed by atoms with Crippen LogP contribution >= 0.6 is 11.3 Å². The first-order valence-electron chi connectivity index (χ1n) is 4.53. The van der Waals surface area contributed by atoms with Crippen molar-refractivity contribution in [3.05, 3.63) is 40.7 Å². The van der Waals surface area contributed by atoms with E-state index >= 15 is 0 Å². The largest absolute Gasteiger partial charge is 0.391 e. The Morgan fingerprint density at radius 1 is 1.47 bits per heavy atom. The van der Waals surface area contributed by atoms with Crippen molar-refractivity contribution in [2.45, 2.75) is 13.5 Å². The van der Waals surface area contributed by atoms with Crippen LogP contribution in [0, 0.1) is 12.7 Å². The fourth-order valence-corrected chi connectivity index (χ4v) is 2.10. The Morgan fingerprint density at radius 3 is 2.93 bits per heavy atom. The molecule has 0 aliphatic carbocycles. The topological polar surface area (TPSA) is 33.1 Å². The van der Waals surface area contributed by atoms with Crippen molar-refractivity contribution in [2.24, 2.45) is 0 Å². The summed E-state index contributed by atoms with van der Waals surface area (Å²) in [6.07, 6.45) is 1.57. The molecule has 0 saturated heterocycles. The van der Waals surface area contributed by atoms with Gasteiger partial charge in [-0.15, -0.1) is 11.3 Å². The Bertz CT molecular complexity index is 481. The molecule has 0 amide bonds. The molecule has 1 aromatic heterocycles. The van der Waals surface area contributed by atoms with Gasteiger partial charge in [-0.2, -0.15) is 0 Å². The van der Waals surface area contributed by atoms with Crippen LogP contribution in [0.5, 0.6) is 0 Å². The highest BCUT2D eigenvalue weighted by Gasteiger charge is 2.09. The van der Waals surface area contributed by atoms with Gasteiger partial charge < -0.3 is 5.11 Å². The van der Waals surface area contributed by atoms with E-state index in [2.05, 4.69) is 4.98 Å². The van der Waals surface area contributed by atoms with Crippen molar-refractivity contribution < 1.29 is 9.50 Å². The molecule has 2 rings (SSSR count). The van der Waals surface area contributed by atoms with Gasteiger partial charge in [0.15, 0.2) is 0 Å². The maximum absolute atomic E-state index is 13.5. The molecule has 1 heterocycles. The smallest absolute Gasteiger partial charge is 0.133 e. The van der Waals surface area contributed by atoms with Gasteiger partial charge in [-0.1, -0.05) is 11.6 Å². The summed E-state index contributed by atoms with van der Waals surface area (Å²) in [7, 11) is 0. The number of aliphatic hydroxyl groups excluding tert-OH is 1. The summed E-state index contributed by atoms with van der Waals surface area (Å²) in [6.45, 7) is 1.86. The summed E-state index contributed by atoms with van der Waals surface area (Å²) in [6, 6.07) is 4.92. The number of nitrogens with zero attached hydrogens (tertiary/aromatic N) is 1. The third-order valence-electron chi connectivity index (χ3n) is 2.06.